The zero-order valence-electron chi connectivity index (χ0n) is 8.53. The number of morpholine rings is 1. The van der Waals surface area contributed by atoms with Crippen LogP contribution >= 0.6 is 31.9 Å². The van der Waals surface area contributed by atoms with Crippen molar-refractivity contribution in [2.45, 2.75) is 6.54 Å². The van der Waals surface area contributed by atoms with E-state index in [0.717, 1.165) is 4.60 Å². The van der Waals surface area contributed by atoms with Gasteiger partial charge in [0.05, 0.1) is 13.2 Å². The highest BCUT2D eigenvalue weighted by atomic mass is 79.9. The van der Waals surface area contributed by atoms with E-state index in [1.807, 2.05) is 6.07 Å². The first-order valence-electron chi connectivity index (χ1n) is 4.91. The molecule has 1 amide bonds. The Kier molecular flexibility index (Phi) is 3.99. The Balaban J connectivity index is 1.98. The van der Waals surface area contributed by atoms with Gasteiger partial charge in [-0.3, -0.25) is 4.79 Å². The van der Waals surface area contributed by atoms with Crippen LogP contribution in [0.2, 0.25) is 0 Å². The largest absolute Gasteiger partial charge is 0.378 e. The van der Waals surface area contributed by atoms with Crippen LogP contribution in [-0.4, -0.2) is 46.9 Å². The molecule has 7 heteroatoms. The molecule has 1 aliphatic rings. The van der Waals surface area contributed by atoms with E-state index in [1.165, 1.54) is 0 Å². The zero-order valence-corrected chi connectivity index (χ0v) is 11.7. The van der Waals surface area contributed by atoms with Gasteiger partial charge in [-0.2, -0.15) is 5.10 Å². The molecule has 1 fully saturated rings. The Labute approximate surface area is 110 Å². The van der Waals surface area contributed by atoms with Gasteiger partial charge < -0.3 is 9.64 Å². The maximum atomic E-state index is 11.9. The standard InChI is InChI=1S/C9H11Br2N3O2/c10-7-5-8(11)14(12-7)6-9(15)13-1-3-16-4-2-13/h5H,1-4,6H2. The van der Waals surface area contributed by atoms with Gasteiger partial charge in [-0.05, 0) is 31.9 Å². The fourth-order valence-electron chi connectivity index (χ4n) is 1.52. The molecule has 0 saturated carbocycles. The molecular formula is C9H11Br2N3O2. The first-order chi connectivity index (χ1) is 7.66. The van der Waals surface area contributed by atoms with Crippen molar-refractivity contribution in [2.24, 2.45) is 0 Å². The molecule has 2 heterocycles. The highest BCUT2D eigenvalue weighted by Crippen LogP contribution is 2.16. The maximum Gasteiger partial charge on any atom is 0.244 e. The maximum absolute atomic E-state index is 11.9. The fraction of sp³-hybridized carbons (Fsp3) is 0.556. The van der Waals surface area contributed by atoms with Gasteiger partial charge >= 0.3 is 0 Å². The van der Waals surface area contributed by atoms with Gasteiger partial charge in [0.25, 0.3) is 0 Å². The first kappa shape index (κ1) is 12.1. The number of amides is 1. The van der Waals surface area contributed by atoms with Gasteiger partial charge in [0, 0.05) is 19.2 Å². The van der Waals surface area contributed by atoms with Crippen molar-refractivity contribution in [3.05, 3.63) is 15.3 Å². The summed E-state index contributed by atoms with van der Waals surface area (Å²) in [5.74, 6) is 0.0691. The Morgan fingerprint density at radius 2 is 2.12 bits per heavy atom. The van der Waals surface area contributed by atoms with Gasteiger partial charge in [0.1, 0.15) is 15.8 Å². The number of carbonyl (C=O) groups is 1. The van der Waals surface area contributed by atoms with Crippen molar-refractivity contribution in [3.63, 3.8) is 0 Å². The second-order valence-corrected chi connectivity index (χ2v) is 5.07. The van der Waals surface area contributed by atoms with E-state index in [1.54, 1.807) is 9.58 Å². The zero-order chi connectivity index (χ0) is 11.5. The molecule has 0 radical (unpaired) electrons. The van der Waals surface area contributed by atoms with E-state index in [-0.39, 0.29) is 12.5 Å². The number of aromatic nitrogens is 2. The molecule has 1 aromatic rings. The minimum atomic E-state index is 0.0691. The lowest BCUT2D eigenvalue weighted by atomic mass is 10.4. The van der Waals surface area contributed by atoms with Gasteiger partial charge in [0.2, 0.25) is 5.91 Å². The fourth-order valence-corrected chi connectivity index (χ4v) is 2.65. The molecule has 1 aromatic heterocycles. The van der Waals surface area contributed by atoms with Crippen molar-refractivity contribution in [1.82, 2.24) is 14.7 Å². The van der Waals surface area contributed by atoms with Gasteiger partial charge in [-0.15, -0.1) is 0 Å². The van der Waals surface area contributed by atoms with Crippen LogP contribution in [0.3, 0.4) is 0 Å². The van der Waals surface area contributed by atoms with Gasteiger partial charge in [-0.1, -0.05) is 0 Å². The number of halogens is 2. The summed E-state index contributed by atoms with van der Waals surface area (Å²) < 4.78 is 8.33. The third kappa shape index (κ3) is 2.83. The van der Waals surface area contributed by atoms with Crippen LogP contribution in [0.5, 0.6) is 0 Å². The summed E-state index contributed by atoms with van der Waals surface area (Å²) in [7, 11) is 0. The number of nitrogens with zero attached hydrogens (tertiary/aromatic N) is 3. The average molecular weight is 353 g/mol. The lowest BCUT2D eigenvalue weighted by Crippen LogP contribution is -2.42. The van der Waals surface area contributed by atoms with Crippen LogP contribution < -0.4 is 0 Å². The van der Waals surface area contributed by atoms with E-state index in [0.29, 0.717) is 30.9 Å². The highest BCUT2D eigenvalue weighted by Gasteiger charge is 2.18. The summed E-state index contributed by atoms with van der Waals surface area (Å²) in [6.07, 6.45) is 0. The molecule has 0 bridgehead atoms. The first-order valence-corrected chi connectivity index (χ1v) is 6.50. The lowest BCUT2D eigenvalue weighted by molar-refractivity contribution is -0.136. The van der Waals surface area contributed by atoms with Gasteiger partial charge in [-0.25, -0.2) is 4.68 Å². The molecule has 5 nitrogen and oxygen atoms in total. The molecule has 0 aliphatic carbocycles. The molecule has 0 N–H and O–H groups in total. The number of carbonyl (C=O) groups excluding carboxylic acids is 1. The van der Waals surface area contributed by atoms with E-state index in [4.69, 9.17) is 4.74 Å². The van der Waals surface area contributed by atoms with Crippen LogP contribution in [0, 0.1) is 0 Å². The molecule has 0 unspecified atom stereocenters. The van der Waals surface area contributed by atoms with Gasteiger partial charge in [0.15, 0.2) is 0 Å². The molecule has 16 heavy (non-hydrogen) atoms. The third-order valence-electron chi connectivity index (χ3n) is 2.35. The molecule has 0 atom stereocenters. The average Bonchev–Trinajstić information content (AvgIpc) is 2.59. The van der Waals surface area contributed by atoms with Crippen molar-refractivity contribution in [1.29, 1.82) is 0 Å². The number of rotatable bonds is 2. The highest BCUT2D eigenvalue weighted by molar-refractivity contribution is 9.11. The third-order valence-corrected chi connectivity index (χ3v) is 3.38. The molecule has 0 aromatic carbocycles. The second-order valence-electron chi connectivity index (χ2n) is 3.44. The number of ether oxygens (including phenoxy) is 1. The smallest absolute Gasteiger partial charge is 0.244 e. The van der Waals surface area contributed by atoms with Crippen LogP contribution in [0.4, 0.5) is 0 Å². The Morgan fingerprint density at radius 3 is 2.69 bits per heavy atom. The van der Waals surface area contributed by atoms with Crippen molar-refractivity contribution < 1.29 is 9.53 Å². The summed E-state index contributed by atoms with van der Waals surface area (Å²) in [4.78, 5) is 13.7. The van der Waals surface area contributed by atoms with Crippen LogP contribution in [0.25, 0.3) is 0 Å². The normalized spacial score (nSPS) is 16.5. The lowest BCUT2D eigenvalue weighted by Gasteiger charge is -2.26. The van der Waals surface area contributed by atoms with E-state index in [9.17, 15) is 4.79 Å². The summed E-state index contributed by atoms with van der Waals surface area (Å²) >= 11 is 6.61. The summed E-state index contributed by atoms with van der Waals surface area (Å²) in [6.45, 7) is 2.83. The van der Waals surface area contributed by atoms with Crippen LogP contribution in [-0.2, 0) is 16.1 Å². The summed E-state index contributed by atoms with van der Waals surface area (Å²) in [5, 5.41) is 4.15. The minimum Gasteiger partial charge on any atom is -0.378 e. The monoisotopic (exact) mass is 351 g/mol. The quantitative estimate of drug-likeness (QED) is 0.805. The SMILES string of the molecule is O=C(Cn1nc(Br)cc1Br)N1CCOCC1. The predicted octanol–water partition coefficient (Wildman–Crippen LogP) is 1.27. The Morgan fingerprint density at radius 1 is 1.44 bits per heavy atom. The summed E-state index contributed by atoms with van der Waals surface area (Å²) in [6, 6.07) is 1.81. The van der Waals surface area contributed by atoms with E-state index in [2.05, 4.69) is 37.0 Å². The molecular weight excluding hydrogens is 342 g/mol. The molecule has 88 valence electrons. The van der Waals surface area contributed by atoms with Crippen molar-refractivity contribution in [2.75, 3.05) is 26.3 Å². The Hall–Kier alpha value is -0.400. The topological polar surface area (TPSA) is 47.4 Å². The van der Waals surface area contributed by atoms with E-state index >= 15 is 0 Å². The molecule has 1 saturated heterocycles. The summed E-state index contributed by atoms with van der Waals surface area (Å²) in [5.41, 5.74) is 0. The molecule has 0 spiro atoms. The molecule has 2 rings (SSSR count). The van der Waals surface area contributed by atoms with Crippen molar-refractivity contribution in [3.8, 4) is 0 Å². The van der Waals surface area contributed by atoms with E-state index < -0.39 is 0 Å². The minimum absolute atomic E-state index is 0.0691. The molecule has 1 aliphatic heterocycles. The van der Waals surface area contributed by atoms with Crippen molar-refractivity contribution >= 4 is 37.8 Å². The Bertz CT molecular complexity index is 388. The second kappa shape index (κ2) is 5.29. The van der Waals surface area contributed by atoms with Crippen LogP contribution in [0.1, 0.15) is 0 Å². The number of hydrogen-bond acceptors (Lipinski definition) is 3. The number of hydrogen-bond donors (Lipinski definition) is 0. The predicted molar refractivity (Wildman–Crippen MR) is 65.0 cm³/mol. The van der Waals surface area contributed by atoms with Crippen LogP contribution in [0.15, 0.2) is 15.3 Å².